The van der Waals surface area contributed by atoms with Gasteiger partial charge in [-0.15, -0.1) is 0 Å². The van der Waals surface area contributed by atoms with Crippen molar-refractivity contribution >= 4 is 11.8 Å². The van der Waals surface area contributed by atoms with E-state index in [1.807, 2.05) is 20.2 Å². The van der Waals surface area contributed by atoms with E-state index in [0.29, 0.717) is 5.95 Å². The van der Waals surface area contributed by atoms with Gasteiger partial charge in [-0.25, -0.2) is 4.98 Å². The van der Waals surface area contributed by atoms with E-state index in [4.69, 9.17) is 0 Å². The molecule has 1 heterocycles. The topological polar surface area (TPSA) is 49.8 Å². The first-order valence-electron chi connectivity index (χ1n) is 6.40. The van der Waals surface area contributed by atoms with Crippen molar-refractivity contribution in [3.8, 4) is 0 Å². The van der Waals surface area contributed by atoms with Crippen LogP contribution in [0.2, 0.25) is 0 Å². The molecule has 0 atom stereocenters. The summed E-state index contributed by atoms with van der Waals surface area (Å²) in [6.07, 6.45) is 5.14. The van der Waals surface area contributed by atoms with Crippen LogP contribution < -0.4 is 10.6 Å². The van der Waals surface area contributed by atoms with Crippen molar-refractivity contribution in [1.82, 2.24) is 9.97 Å². The lowest BCUT2D eigenvalue weighted by molar-refractivity contribution is 0.418. The fourth-order valence-electron chi connectivity index (χ4n) is 1.96. The van der Waals surface area contributed by atoms with Crippen LogP contribution in [0.1, 0.15) is 45.6 Å². The highest BCUT2D eigenvalue weighted by molar-refractivity contribution is 5.48. The summed E-state index contributed by atoms with van der Waals surface area (Å²) >= 11 is 0. The Hall–Kier alpha value is -1.32. The van der Waals surface area contributed by atoms with E-state index < -0.39 is 0 Å². The summed E-state index contributed by atoms with van der Waals surface area (Å²) in [5.74, 6) is 1.60. The minimum Gasteiger partial charge on any atom is -0.364 e. The summed E-state index contributed by atoms with van der Waals surface area (Å²) < 4.78 is 0. The molecule has 0 bridgehead atoms. The predicted molar refractivity (Wildman–Crippen MR) is 73.5 cm³/mol. The number of nitrogens with one attached hydrogen (secondary N) is 2. The maximum Gasteiger partial charge on any atom is 0.224 e. The summed E-state index contributed by atoms with van der Waals surface area (Å²) in [5.41, 5.74) is 1.23. The van der Waals surface area contributed by atoms with Gasteiger partial charge in [-0.05, 0) is 26.2 Å². The van der Waals surface area contributed by atoms with Gasteiger partial charge < -0.3 is 10.6 Å². The highest BCUT2D eigenvalue weighted by Crippen LogP contribution is 2.26. The van der Waals surface area contributed by atoms with Crippen LogP contribution in [0.4, 0.5) is 11.8 Å². The average molecular weight is 236 g/mol. The maximum atomic E-state index is 4.49. The molecule has 4 heteroatoms. The molecule has 0 fully saturated rings. The van der Waals surface area contributed by atoms with E-state index in [1.165, 1.54) is 0 Å². The molecule has 0 aromatic carbocycles. The number of hydrogen-bond acceptors (Lipinski definition) is 4. The third kappa shape index (κ3) is 3.08. The number of anilines is 2. The summed E-state index contributed by atoms with van der Waals surface area (Å²) in [6, 6.07) is 0. The Bertz CT molecular complexity index is 350. The third-order valence-corrected chi connectivity index (χ3v) is 3.61. The van der Waals surface area contributed by atoms with Crippen LogP contribution in [0.15, 0.2) is 6.20 Å². The van der Waals surface area contributed by atoms with Crippen LogP contribution in [0.3, 0.4) is 0 Å². The number of aryl methyl sites for hydroxylation is 1. The first-order valence-corrected chi connectivity index (χ1v) is 6.40. The fraction of sp³-hybridized carbons (Fsp3) is 0.692. The van der Waals surface area contributed by atoms with Crippen LogP contribution in [-0.4, -0.2) is 22.6 Å². The quantitative estimate of drug-likeness (QED) is 0.796. The standard InChI is InChI=1S/C13H24N4/c1-6-13(7-2,8-3)17-11-10(4)9-15-12(14-5)16-11/h9H,6-8H2,1-5H3,(H2,14,15,16,17). The molecule has 17 heavy (non-hydrogen) atoms. The normalized spacial score (nSPS) is 11.4. The van der Waals surface area contributed by atoms with Crippen molar-refractivity contribution in [2.75, 3.05) is 17.7 Å². The van der Waals surface area contributed by atoms with Gasteiger partial charge in [-0.1, -0.05) is 20.8 Å². The Kier molecular flexibility index (Phi) is 4.73. The second kappa shape index (κ2) is 5.84. The number of hydrogen-bond donors (Lipinski definition) is 2. The van der Waals surface area contributed by atoms with Crippen LogP contribution in [0.25, 0.3) is 0 Å². The van der Waals surface area contributed by atoms with Gasteiger partial charge in [0.25, 0.3) is 0 Å². The average Bonchev–Trinajstić information content (AvgIpc) is 2.38. The van der Waals surface area contributed by atoms with E-state index in [0.717, 1.165) is 30.6 Å². The minimum atomic E-state index is 0.143. The van der Waals surface area contributed by atoms with E-state index in [1.54, 1.807) is 0 Å². The zero-order chi connectivity index (χ0) is 12.9. The van der Waals surface area contributed by atoms with Crippen LogP contribution in [0.5, 0.6) is 0 Å². The van der Waals surface area contributed by atoms with Crippen molar-refractivity contribution in [1.29, 1.82) is 0 Å². The number of aromatic nitrogens is 2. The van der Waals surface area contributed by atoms with E-state index >= 15 is 0 Å². The summed E-state index contributed by atoms with van der Waals surface area (Å²) in [5, 5.41) is 6.57. The monoisotopic (exact) mass is 236 g/mol. The van der Waals surface area contributed by atoms with E-state index in [9.17, 15) is 0 Å². The Labute approximate surface area is 104 Å². The molecular weight excluding hydrogens is 212 g/mol. The minimum absolute atomic E-state index is 0.143. The highest BCUT2D eigenvalue weighted by Gasteiger charge is 2.24. The second-order valence-corrected chi connectivity index (χ2v) is 4.44. The molecule has 0 radical (unpaired) electrons. The Morgan fingerprint density at radius 2 is 1.76 bits per heavy atom. The Morgan fingerprint density at radius 1 is 1.18 bits per heavy atom. The summed E-state index contributed by atoms with van der Waals surface area (Å²) in [4.78, 5) is 8.69. The molecule has 0 aliphatic carbocycles. The Balaban J connectivity index is 2.99. The first-order chi connectivity index (χ1) is 8.10. The molecule has 0 aliphatic heterocycles. The molecule has 0 unspecified atom stereocenters. The maximum absolute atomic E-state index is 4.49. The Morgan fingerprint density at radius 3 is 2.24 bits per heavy atom. The lowest BCUT2D eigenvalue weighted by atomic mass is 9.89. The van der Waals surface area contributed by atoms with Crippen molar-refractivity contribution in [3.05, 3.63) is 11.8 Å². The summed E-state index contributed by atoms with van der Waals surface area (Å²) in [7, 11) is 1.83. The van der Waals surface area contributed by atoms with Crippen LogP contribution in [-0.2, 0) is 0 Å². The zero-order valence-corrected chi connectivity index (χ0v) is 11.6. The lowest BCUT2D eigenvalue weighted by Gasteiger charge is -2.33. The summed E-state index contributed by atoms with van der Waals surface area (Å²) in [6.45, 7) is 8.69. The number of nitrogens with zero attached hydrogens (tertiary/aromatic N) is 2. The fourth-order valence-corrected chi connectivity index (χ4v) is 1.96. The zero-order valence-electron chi connectivity index (χ0n) is 11.6. The second-order valence-electron chi connectivity index (χ2n) is 4.44. The van der Waals surface area contributed by atoms with Crippen molar-refractivity contribution in [2.45, 2.75) is 52.5 Å². The van der Waals surface area contributed by atoms with Gasteiger partial charge in [0.05, 0.1) is 0 Å². The van der Waals surface area contributed by atoms with E-state index in [-0.39, 0.29) is 5.54 Å². The molecule has 4 nitrogen and oxygen atoms in total. The van der Waals surface area contributed by atoms with Gasteiger partial charge in [0.2, 0.25) is 5.95 Å². The van der Waals surface area contributed by atoms with E-state index in [2.05, 4.69) is 41.4 Å². The SMILES string of the molecule is CCC(CC)(CC)Nc1nc(NC)ncc1C. The molecule has 1 aromatic rings. The number of rotatable bonds is 6. The molecule has 96 valence electrons. The van der Waals surface area contributed by atoms with Gasteiger partial charge in [0.15, 0.2) is 0 Å². The highest BCUT2D eigenvalue weighted by atomic mass is 15.1. The van der Waals surface area contributed by atoms with Gasteiger partial charge in [-0.2, -0.15) is 4.98 Å². The molecule has 0 saturated carbocycles. The van der Waals surface area contributed by atoms with Gasteiger partial charge in [-0.3, -0.25) is 0 Å². The van der Waals surface area contributed by atoms with Crippen molar-refractivity contribution in [2.24, 2.45) is 0 Å². The molecule has 1 rings (SSSR count). The van der Waals surface area contributed by atoms with Crippen LogP contribution >= 0.6 is 0 Å². The molecule has 0 aliphatic rings. The largest absolute Gasteiger partial charge is 0.364 e. The van der Waals surface area contributed by atoms with Crippen molar-refractivity contribution < 1.29 is 0 Å². The molecule has 1 aromatic heterocycles. The first kappa shape index (κ1) is 13.7. The predicted octanol–water partition coefficient (Wildman–Crippen LogP) is 3.21. The van der Waals surface area contributed by atoms with Gasteiger partial charge >= 0.3 is 0 Å². The van der Waals surface area contributed by atoms with Crippen molar-refractivity contribution in [3.63, 3.8) is 0 Å². The van der Waals surface area contributed by atoms with Crippen LogP contribution in [0, 0.1) is 6.92 Å². The molecule has 2 N–H and O–H groups in total. The smallest absolute Gasteiger partial charge is 0.224 e. The van der Waals surface area contributed by atoms with Gasteiger partial charge in [0, 0.05) is 24.3 Å². The molecule has 0 saturated heterocycles. The third-order valence-electron chi connectivity index (χ3n) is 3.61. The molecular formula is C13H24N4. The van der Waals surface area contributed by atoms with Gasteiger partial charge in [0.1, 0.15) is 5.82 Å². The molecule has 0 amide bonds. The molecule has 0 spiro atoms. The lowest BCUT2D eigenvalue weighted by Crippen LogP contribution is -2.36.